The molecule has 180 valence electrons. The zero-order valence-electron chi connectivity index (χ0n) is 19.0. The number of H-pyrrole nitrogens is 1. The number of halogens is 3. The van der Waals surface area contributed by atoms with E-state index in [-0.39, 0.29) is 5.56 Å². The van der Waals surface area contributed by atoms with Crippen LogP contribution in [-0.2, 0) is 6.18 Å². The van der Waals surface area contributed by atoms with E-state index in [4.69, 9.17) is 0 Å². The molecule has 0 radical (unpaired) electrons. The number of anilines is 3. The molecule has 0 fully saturated rings. The van der Waals surface area contributed by atoms with Crippen LogP contribution < -0.4 is 10.6 Å². The summed E-state index contributed by atoms with van der Waals surface area (Å²) in [6.45, 7) is 1.90. The molecule has 0 saturated heterocycles. The summed E-state index contributed by atoms with van der Waals surface area (Å²) in [6.07, 6.45) is 0.741. The lowest BCUT2D eigenvalue weighted by Gasteiger charge is -2.14. The van der Waals surface area contributed by atoms with E-state index < -0.39 is 17.6 Å². The van der Waals surface area contributed by atoms with Crippen LogP contribution >= 0.6 is 0 Å². The standard InChI is InChI=1S/C27H20F3N5O/c1-16-5-6-20(33-26(36)18-3-2-4-19(13-18)27(28,29)30)14-23(16)34-24-15-22(17-7-10-31-11-8-17)21-9-12-32-25(21)35-24/h2-15H,1H3,(H,33,36)(H2,32,34,35). The lowest BCUT2D eigenvalue weighted by molar-refractivity contribution is -0.137. The van der Waals surface area contributed by atoms with Crippen LogP contribution in [0.3, 0.4) is 0 Å². The highest BCUT2D eigenvalue weighted by Gasteiger charge is 2.30. The molecule has 9 heteroatoms. The number of nitrogens with one attached hydrogen (secondary N) is 3. The van der Waals surface area contributed by atoms with Crippen molar-refractivity contribution in [3.8, 4) is 11.1 Å². The third kappa shape index (κ3) is 4.76. The molecule has 0 aliphatic heterocycles. The Morgan fingerprint density at radius 2 is 1.78 bits per heavy atom. The van der Waals surface area contributed by atoms with Crippen molar-refractivity contribution in [3.05, 3.63) is 102 Å². The second-order valence-electron chi connectivity index (χ2n) is 8.22. The van der Waals surface area contributed by atoms with Crippen molar-refractivity contribution in [2.75, 3.05) is 10.6 Å². The van der Waals surface area contributed by atoms with Gasteiger partial charge >= 0.3 is 6.18 Å². The van der Waals surface area contributed by atoms with Crippen molar-refractivity contribution in [1.82, 2.24) is 15.0 Å². The number of rotatable bonds is 5. The van der Waals surface area contributed by atoms with Crippen molar-refractivity contribution in [3.63, 3.8) is 0 Å². The van der Waals surface area contributed by atoms with Crippen molar-refractivity contribution in [2.45, 2.75) is 13.1 Å². The van der Waals surface area contributed by atoms with Gasteiger partial charge in [0.1, 0.15) is 11.5 Å². The maximum absolute atomic E-state index is 13.0. The van der Waals surface area contributed by atoms with Crippen LogP contribution in [0.2, 0.25) is 0 Å². The molecule has 36 heavy (non-hydrogen) atoms. The number of aromatic amines is 1. The number of carbonyl (C=O) groups is 1. The normalized spacial score (nSPS) is 11.4. The number of pyridine rings is 2. The summed E-state index contributed by atoms with van der Waals surface area (Å²) in [6, 6.07) is 17.2. The maximum atomic E-state index is 13.0. The minimum absolute atomic E-state index is 0.0826. The van der Waals surface area contributed by atoms with Crippen molar-refractivity contribution in [2.24, 2.45) is 0 Å². The van der Waals surface area contributed by atoms with E-state index >= 15 is 0 Å². The molecule has 0 atom stereocenters. The van der Waals surface area contributed by atoms with Crippen LogP contribution in [0, 0.1) is 6.92 Å². The monoisotopic (exact) mass is 487 g/mol. The SMILES string of the molecule is Cc1ccc(NC(=O)c2cccc(C(F)(F)F)c2)cc1Nc1cc(-c2ccncc2)c2cc[nH]c2n1. The van der Waals surface area contributed by atoms with Crippen LogP contribution in [-0.4, -0.2) is 20.9 Å². The highest BCUT2D eigenvalue weighted by atomic mass is 19.4. The number of hydrogen-bond donors (Lipinski definition) is 3. The van der Waals surface area contributed by atoms with Crippen LogP contribution in [0.5, 0.6) is 0 Å². The van der Waals surface area contributed by atoms with Gasteiger partial charge < -0.3 is 15.6 Å². The largest absolute Gasteiger partial charge is 0.416 e. The Hall–Kier alpha value is -4.66. The van der Waals surface area contributed by atoms with Gasteiger partial charge in [0.15, 0.2) is 0 Å². The highest BCUT2D eigenvalue weighted by molar-refractivity contribution is 6.04. The Balaban J connectivity index is 1.43. The van der Waals surface area contributed by atoms with E-state index in [1.54, 1.807) is 30.6 Å². The van der Waals surface area contributed by atoms with Gasteiger partial charge in [-0.2, -0.15) is 13.2 Å². The van der Waals surface area contributed by atoms with Gasteiger partial charge in [0, 0.05) is 40.9 Å². The second kappa shape index (κ2) is 9.18. The van der Waals surface area contributed by atoms with Crippen LogP contribution in [0.4, 0.5) is 30.4 Å². The third-order valence-corrected chi connectivity index (χ3v) is 5.73. The summed E-state index contributed by atoms with van der Waals surface area (Å²) < 4.78 is 39.1. The van der Waals surface area contributed by atoms with Crippen molar-refractivity contribution >= 4 is 34.1 Å². The quantitative estimate of drug-likeness (QED) is 0.251. The minimum Gasteiger partial charge on any atom is -0.346 e. The van der Waals surface area contributed by atoms with Gasteiger partial charge in [-0.3, -0.25) is 9.78 Å². The molecule has 2 aromatic carbocycles. The Morgan fingerprint density at radius 1 is 0.972 bits per heavy atom. The molecule has 5 aromatic rings. The molecule has 0 aliphatic carbocycles. The van der Waals surface area contributed by atoms with Crippen molar-refractivity contribution < 1.29 is 18.0 Å². The van der Waals surface area contributed by atoms with E-state index in [1.165, 1.54) is 12.1 Å². The van der Waals surface area contributed by atoms with Crippen LogP contribution in [0.25, 0.3) is 22.2 Å². The van der Waals surface area contributed by atoms with Crippen LogP contribution in [0.15, 0.2) is 85.3 Å². The summed E-state index contributed by atoms with van der Waals surface area (Å²) in [5.41, 5.74) is 3.72. The molecule has 6 nitrogen and oxygen atoms in total. The first-order chi connectivity index (χ1) is 17.3. The number of nitrogens with zero attached hydrogens (tertiary/aromatic N) is 2. The Kier molecular flexibility index (Phi) is 5.89. The molecular formula is C27H20F3N5O. The molecule has 1 amide bonds. The van der Waals surface area contributed by atoms with Gasteiger partial charge in [0.05, 0.1) is 5.56 Å². The van der Waals surface area contributed by atoms with E-state index in [1.807, 2.05) is 37.4 Å². The molecule has 0 saturated carbocycles. The fourth-order valence-corrected chi connectivity index (χ4v) is 3.88. The van der Waals surface area contributed by atoms with E-state index in [2.05, 4.69) is 25.6 Å². The zero-order valence-corrected chi connectivity index (χ0v) is 19.0. The average Bonchev–Trinajstić information content (AvgIpc) is 3.34. The Bertz CT molecular complexity index is 1560. The molecule has 5 rings (SSSR count). The molecule has 0 spiro atoms. The number of alkyl halides is 3. The van der Waals surface area contributed by atoms with Gasteiger partial charge in [-0.15, -0.1) is 0 Å². The molecule has 0 bridgehead atoms. The van der Waals surface area contributed by atoms with Crippen LogP contribution in [0.1, 0.15) is 21.5 Å². The lowest BCUT2D eigenvalue weighted by atomic mass is 10.0. The summed E-state index contributed by atoms with van der Waals surface area (Å²) in [5, 5.41) is 6.94. The summed E-state index contributed by atoms with van der Waals surface area (Å²) in [4.78, 5) is 24.5. The van der Waals surface area contributed by atoms with Gasteiger partial charge in [0.25, 0.3) is 5.91 Å². The average molecular weight is 487 g/mol. The number of hydrogen-bond acceptors (Lipinski definition) is 4. The molecule has 3 N–H and O–H groups in total. The number of aromatic nitrogens is 3. The fraction of sp³-hybridized carbons (Fsp3) is 0.0741. The molecular weight excluding hydrogens is 467 g/mol. The molecule has 3 heterocycles. The first-order valence-corrected chi connectivity index (χ1v) is 11.0. The van der Waals surface area contributed by atoms with E-state index in [0.717, 1.165) is 34.2 Å². The van der Waals surface area contributed by atoms with E-state index in [0.29, 0.717) is 22.8 Å². The smallest absolute Gasteiger partial charge is 0.346 e. The maximum Gasteiger partial charge on any atom is 0.416 e. The number of fused-ring (bicyclic) bond motifs is 1. The van der Waals surface area contributed by atoms with Crippen molar-refractivity contribution in [1.29, 1.82) is 0 Å². The first kappa shape index (κ1) is 23.1. The minimum atomic E-state index is -4.53. The third-order valence-electron chi connectivity index (χ3n) is 5.73. The molecule has 3 aromatic heterocycles. The van der Waals surface area contributed by atoms with E-state index in [9.17, 15) is 18.0 Å². The number of carbonyl (C=O) groups excluding carboxylic acids is 1. The summed E-state index contributed by atoms with van der Waals surface area (Å²) in [7, 11) is 0. The second-order valence-corrected chi connectivity index (χ2v) is 8.22. The predicted molar refractivity (Wildman–Crippen MR) is 133 cm³/mol. The zero-order chi connectivity index (χ0) is 25.3. The first-order valence-electron chi connectivity index (χ1n) is 11.0. The number of amides is 1. The van der Waals surface area contributed by atoms with Gasteiger partial charge in [-0.25, -0.2) is 4.98 Å². The van der Waals surface area contributed by atoms with Gasteiger partial charge in [-0.1, -0.05) is 12.1 Å². The predicted octanol–water partition coefficient (Wildman–Crippen LogP) is 6.95. The molecule has 0 aliphatic rings. The fourth-order valence-electron chi connectivity index (χ4n) is 3.88. The van der Waals surface area contributed by atoms with Gasteiger partial charge in [0.2, 0.25) is 0 Å². The number of benzene rings is 2. The number of aryl methyl sites for hydroxylation is 1. The van der Waals surface area contributed by atoms with Gasteiger partial charge in [-0.05, 0) is 78.2 Å². The molecule has 0 unspecified atom stereocenters. The Labute approximate surface area is 204 Å². The topological polar surface area (TPSA) is 82.7 Å². The summed E-state index contributed by atoms with van der Waals surface area (Å²) >= 11 is 0. The Morgan fingerprint density at radius 3 is 2.56 bits per heavy atom. The highest BCUT2D eigenvalue weighted by Crippen LogP contribution is 2.32. The lowest BCUT2D eigenvalue weighted by Crippen LogP contribution is -2.14. The summed E-state index contributed by atoms with van der Waals surface area (Å²) in [5.74, 6) is -0.0528.